The molecule has 6 nitrogen and oxygen atoms in total. The lowest BCUT2D eigenvalue weighted by molar-refractivity contribution is -0.115. The van der Waals surface area contributed by atoms with Gasteiger partial charge in [-0.3, -0.25) is 4.79 Å². The number of nitrogens with one attached hydrogen (secondary N) is 1. The standard InChI is InChI=1S/C16H21N3O3S/c1-12-9-13(2)11-19(10-12)23(21,22)15-5-3-14(4-6-15)18-16(20)7-8-17/h3-6,12-13H,7,9-11H2,1-2H3,(H,18,20). The average molecular weight is 335 g/mol. The van der Waals surface area contributed by atoms with Crippen molar-refractivity contribution in [3.8, 4) is 6.07 Å². The fraction of sp³-hybridized carbons (Fsp3) is 0.500. The normalized spacial score (nSPS) is 22.3. The smallest absolute Gasteiger partial charge is 0.243 e. The minimum absolute atomic E-state index is 0.220. The van der Waals surface area contributed by atoms with Crippen LogP contribution in [0.3, 0.4) is 0 Å². The third-order valence-corrected chi connectivity index (χ3v) is 5.70. The van der Waals surface area contributed by atoms with Gasteiger partial charge in [0.25, 0.3) is 0 Å². The van der Waals surface area contributed by atoms with Crippen LogP contribution in [0.2, 0.25) is 0 Å². The van der Waals surface area contributed by atoms with E-state index in [4.69, 9.17) is 5.26 Å². The summed E-state index contributed by atoms with van der Waals surface area (Å²) in [5.74, 6) is 0.276. The summed E-state index contributed by atoms with van der Waals surface area (Å²) in [4.78, 5) is 11.6. The molecule has 124 valence electrons. The highest BCUT2D eigenvalue weighted by Crippen LogP contribution is 2.27. The van der Waals surface area contributed by atoms with Gasteiger partial charge in [0.15, 0.2) is 0 Å². The summed E-state index contributed by atoms with van der Waals surface area (Å²) >= 11 is 0. The van der Waals surface area contributed by atoms with Crippen molar-refractivity contribution in [2.24, 2.45) is 11.8 Å². The number of carbonyl (C=O) groups is 1. The number of piperidine rings is 1. The van der Waals surface area contributed by atoms with Crippen LogP contribution in [0.25, 0.3) is 0 Å². The fourth-order valence-corrected chi connectivity index (χ4v) is 4.62. The van der Waals surface area contributed by atoms with E-state index in [2.05, 4.69) is 19.2 Å². The van der Waals surface area contributed by atoms with E-state index in [0.29, 0.717) is 30.6 Å². The molecule has 0 saturated carbocycles. The second-order valence-electron chi connectivity index (χ2n) is 6.18. The van der Waals surface area contributed by atoms with Crippen molar-refractivity contribution in [1.29, 1.82) is 5.26 Å². The number of rotatable bonds is 4. The highest BCUT2D eigenvalue weighted by atomic mass is 32.2. The fourth-order valence-electron chi connectivity index (χ4n) is 2.94. The number of hydrogen-bond donors (Lipinski definition) is 1. The van der Waals surface area contributed by atoms with Crippen LogP contribution in [0.15, 0.2) is 29.2 Å². The number of nitriles is 1. The zero-order valence-corrected chi connectivity index (χ0v) is 14.1. The quantitative estimate of drug-likeness (QED) is 0.913. The van der Waals surface area contributed by atoms with E-state index in [1.165, 1.54) is 16.4 Å². The van der Waals surface area contributed by atoms with Crippen LogP contribution in [0, 0.1) is 23.2 Å². The van der Waals surface area contributed by atoms with E-state index in [1.807, 2.05) is 0 Å². The Morgan fingerprint density at radius 2 is 1.83 bits per heavy atom. The molecular weight excluding hydrogens is 314 g/mol. The van der Waals surface area contributed by atoms with Crippen molar-refractivity contribution >= 4 is 21.6 Å². The third kappa shape index (κ3) is 4.30. The van der Waals surface area contributed by atoms with Crippen LogP contribution in [0.4, 0.5) is 5.69 Å². The zero-order chi connectivity index (χ0) is 17.0. The number of carbonyl (C=O) groups excluding carboxylic acids is 1. The van der Waals surface area contributed by atoms with Crippen LogP contribution >= 0.6 is 0 Å². The second kappa shape index (κ2) is 7.11. The third-order valence-electron chi connectivity index (χ3n) is 3.85. The van der Waals surface area contributed by atoms with Gasteiger partial charge in [0.05, 0.1) is 11.0 Å². The van der Waals surface area contributed by atoms with E-state index >= 15 is 0 Å². The Morgan fingerprint density at radius 3 is 2.35 bits per heavy atom. The molecule has 0 radical (unpaired) electrons. The van der Waals surface area contributed by atoms with Crippen molar-refractivity contribution in [2.45, 2.75) is 31.6 Å². The van der Waals surface area contributed by atoms with E-state index in [1.54, 1.807) is 18.2 Å². The largest absolute Gasteiger partial charge is 0.325 e. The number of nitrogens with zero attached hydrogens (tertiary/aromatic N) is 2. The minimum Gasteiger partial charge on any atom is -0.325 e. The zero-order valence-electron chi connectivity index (χ0n) is 13.3. The van der Waals surface area contributed by atoms with Gasteiger partial charge in [-0.25, -0.2) is 8.42 Å². The molecule has 0 spiro atoms. The van der Waals surface area contributed by atoms with Crippen LogP contribution in [0.5, 0.6) is 0 Å². The Bertz CT molecular complexity index is 697. The Morgan fingerprint density at radius 1 is 1.26 bits per heavy atom. The molecule has 1 heterocycles. The van der Waals surface area contributed by atoms with Crippen LogP contribution < -0.4 is 5.32 Å². The summed E-state index contributed by atoms with van der Waals surface area (Å²) in [6, 6.07) is 7.82. The molecule has 1 aliphatic rings. The lowest BCUT2D eigenvalue weighted by Gasteiger charge is -2.34. The SMILES string of the molecule is CC1CC(C)CN(S(=O)(=O)c2ccc(NC(=O)CC#N)cc2)C1. The summed E-state index contributed by atoms with van der Waals surface area (Å²) < 4.78 is 27.0. The van der Waals surface area contributed by atoms with Crippen molar-refractivity contribution in [2.75, 3.05) is 18.4 Å². The second-order valence-corrected chi connectivity index (χ2v) is 8.11. The Labute approximate surface area is 137 Å². The number of hydrogen-bond acceptors (Lipinski definition) is 4. The summed E-state index contributed by atoms with van der Waals surface area (Å²) in [7, 11) is -3.52. The lowest BCUT2D eigenvalue weighted by atomic mass is 9.94. The summed E-state index contributed by atoms with van der Waals surface area (Å²) in [5, 5.41) is 11.0. The molecule has 1 fully saturated rings. The number of amides is 1. The van der Waals surface area contributed by atoms with E-state index < -0.39 is 15.9 Å². The molecule has 1 N–H and O–H groups in total. The molecule has 7 heteroatoms. The van der Waals surface area contributed by atoms with Gasteiger partial charge in [0.1, 0.15) is 6.42 Å². The van der Waals surface area contributed by atoms with E-state index in [0.717, 1.165) is 6.42 Å². The van der Waals surface area contributed by atoms with Gasteiger partial charge in [0.2, 0.25) is 15.9 Å². The predicted molar refractivity (Wildman–Crippen MR) is 87.0 cm³/mol. The summed E-state index contributed by atoms with van der Waals surface area (Å²) in [5.41, 5.74) is 0.476. The Kier molecular flexibility index (Phi) is 5.39. The maximum Gasteiger partial charge on any atom is 0.243 e. The average Bonchev–Trinajstić information content (AvgIpc) is 2.47. The molecular formula is C16H21N3O3S. The molecule has 1 saturated heterocycles. The van der Waals surface area contributed by atoms with Crippen molar-refractivity contribution in [3.63, 3.8) is 0 Å². The Balaban J connectivity index is 2.14. The predicted octanol–water partition coefficient (Wildman–Crippen LogP) is 2.21. The van der Waals surface area contributed by atoms with E-state index in [9.17, 15) is 13.2 Å². The molecule has 0 aliphatic carbocycles. The first-order chi connectivity index (χ1) is 10.8. The number of anilines is 1. The molecule has 1 aliphatic heterocycles. The van der Waals surface area contributed by atoms with Gasteiger partial charge in [-0.15, -0.1) is 0 Å². The molecule has 2 rings (SSSR count). The minimum atomic E-state index is -3.52. The molecule has 0 aromatic heterocycles. The number of sulfonamides is 1. The van der Waals surface area contributed by atoms with E-state index in [-0.39, 0.29) is 11.3 Å². The lowest BCUT2D eigenvalue weighted by Crippen LogP contribution is -2.42. The van der Waals surface area contributed by atoms with Crippen LogP contribution in [0.1, 0.15) is 26.7 Å². The van der Waals surface area contributed by atoms with Crippen LogP contribution in [-0.4, -0.2) is 31.7 Å². The summed E-state index contributed by atoms with van der Waals surface area (Å²) in [6.07, 6.45) is 0.805. The maximum atomic E-state index is 12.7. The molecule has 1 aromatic rings. The van der Waals surface area contributed by atoms with Gasteiger partial charge in [-0.2, -0.15) is 9.57 Å². The first kappa shape index (κ1) is 17.4. The summed E-state index contributed by atoms with van der Waals surface area (Å²) in [6.45, 7) is 5.19. The van der Waals surface area contributed by atoms with Crippen molar-refractivity contribution < 1.29 is 13.2 Å². The molecule has 23 heavy (non-hydrogen) atoms. The molecule has 1 aromatic carbocycles. The Hall–Kier alpha value is -1.91. The first-order valence-electron chi connectivity index (χ1n) is 7.60. The molecule has 2 atom stereocenters. The van der Waals surface area contributed by atoms with Gasteiger partial charge in [0, 0.05) is 18.8 Å². The first-order valence-corrected chi connectivity index (χ1v) is 9.04. The highest BCUT2D eigenvalue weighted by molar-refractivity contribution is 7.89. The monoisotopic (exact) mass is 335 g/mol. The van der Waals surface area contributed by atoms with Gasteiger partial charge < -0.3 is 5.32 Å². The number of benzene rings is 1. The van der Waals surface area contributed by atoms with Gasteiger partial charge in [-0.05, 0) is 42.5 Å². The van der Waals surface area contributed by atoms with Gasteiger partial charge >= 0.3 is 0 Å². The van der Waals surface area contributed by atoms with Crippen LogP contribution in [-0.2, 0) is 14.8 Å². The highest BCUT2D eigenvalue weighted by Gasteiger charge is 2.31. The topological polar surface area (TPSA) is 90.3 Å². The van der Waals surface area contributed by atoms with Crippen molar-refractivity contribution in [3.05, 3.63) is 24.3 Å². The molecule has 1 amide bonds. The molecule has 0 bridgehead atoms. The van der Waals surface area contributed by atoms with Gasteiger partial charge in [-0.1, -0.05) is 13.8 Å². The molecule has 2 unspecified atom stereocenters. The maximum absolute atomic E-state index is 12.7. The van der Waals surface area contributed by atoms with Crippen molar-refractivity contribution in [1.82, 2.24) is 4.31 Å².